The fourth-order valence-corrected chi connectivity index (χ4v) is 1.31. The Balaban J connectivity index is 3.35. The molecule has 1 unspecified atom stereocenters. The highest BCUT2D eigenvalue weighted by molar-refractivity contribution is 5.80. The quantitative estimate of drug-likeness (QED) is 0.564. The van der Waals surface area contributed by atoms with Crippen molar-refractivity contribution in [2.45, 2.75) is 13.0 Å². The van der Waals surface area contributed by atoms with E-state index in [4.69, 9.17) is 5.73 Å². The molecule has 3 heteroatoms. The van der Waals surface area contributed by atoms with Gasteiger partial charge >= 0.3 is 0 Å². The van der Waals surface area contributed by atoms with E-state index in [1.807, 2.05) is 6.92 Å². The van der Waals surface area contributed by atoms with E-state index in [1.54, 1.807) is 12.1 Å². The van der Waals surface area contributed by atoms with E-state index in [0.717, 1.165) is 5.56 Å². The molecule has 0 spiro atoms. The summed E-state index contributed by atoms with van der Waals surface area (Å²) in [5.74, 6) is -0.0574. The van der Waals surface area contributed by atoms with Crippen LogP contribution in [0, 0.1) is 6.92 Å². The van der Waals surface area contributed by atoms with Gasteiger partial charge in [0.1, 0.15) is 5.75 Å². The SMILES string of the molecule is C=CC(N)c1cc(C)cc(C=O)c1O. The maximum atomic E-state index is 10.6. The van der Waals surface area contributed by atoms with E-state index < -0.39 is 6.04 Å². The van der Waals surface area contributed by atoms with E-state index in [2.05, 4.69) is 6.58 Å². The summed E-state index contributed by atoms with van der Waals surface area (Å²) in [4.78, 5) is 10.6. The Morgan fingerprint density at radius 1 is 1.57 bits per heavy atom. The molecule has 0 aliphatic carbocycles. The van der Waals surface area contributed by atoms with Gasteiger partial charge < -0.3 is 10.8 Å². The van der Waals surface area contributed by atoms with Gasteiger partial charge in [-0.1, -0.05) is 12.1 Å². The van der Waals surface area contributed by atoms with Crippen molar-refractivity contribution in [3.05, 3.63) is 41.5 Å². The Labute approximate surface area is 82.9 Å². The van der Waals surface area contributed by atoms with Crippen LogP contribution in [0.4, 0.5) is 0 Å². The molecular weight excluding hydrogens is 178 g/mol. The van der Waals surface area contributed by atoms with Crippen LogP contribution in [0.1, 0.15) is 27.5 Å². The maximum Gasteiger partial charge on any atom is 0.153 e. The van der Waals surface area contributed by atoms with Crippen LogP contribution in [0.2, 0.25) is 0 Å². The van der Waals surface area contributed by atoms with Crippen LogP contribution in [0.25, 0.3) is 0 Å². The smallest absolute Gasteiger partial charge is 0.153 e. The largest absolute Gasteiger partial charge is 0.507 e. The molecule has 1 rings (SSSR count). The summed E-state index contributed by atoms with van der Waals surface area (Å²) in [6.07, 6.45) is 2.13. The Hall–Kier alpha value is -1.61. The number of hydrogen-bond acceptors (Lipinski definition) is 3. The molecule has 1 atom stereocenters. The molecule has 0 saturated carbocycles. The number of carbonyl (C=O) groups is 1. The van der Waals surface area contributed by atoms with Gasteiger partial charge in [0.05, 0.1) is 11.6 Å². The average molecular weight is 191 g/mol. The second kappa shape index (κ2) is 4.07. The number of benzene rings is 1. The molecule has 74 valence electrons. The molecule has 0 fully saturated rings. The molecule has 0 amide bonds. The molecule has 3 nitrogen and oxygen atoms in total. The van der Waals surface area contributed by atoms with Gasteiger partial charge in [-0.3, -0.25) is 4.79 Å². The fraction of sp³-hybridized carbons (Fsp3) is 0.182. The molecule has 0 aliphatic heterocycles. The van der Waals surface area contributed by atoms with Crippen molar-refractivity contribution in [2.75, 3.05) is 0 Å². The molecule has 0 aromatic heterocycles. The number of carbonyl (C=O) groups excluding carboxylic acids is 1. The third-order valence-corrected chi connectivity index (χ3v) is 2.05. The first-order valence-corrected chi connectivity index (χ1v) is 4.27. The highest BCUT2D eigenvalue weighted by Crippen LogP contribution is 2.27. The van der Waals surface area contributed by atoms with Crippen molar-refractivity contribution in [3.8, 4) is 5.75 Å². The third-order valence-electron chi connectivity index (χ3n) is 2.05. The summed E-state index contributed by atoms with van der Waals surface area (Å²) in [5.41, 5.74) is 7.37. The normalized spacial score (nSPS) is 12.1. The van der Waals surface area contributed by atoms with E-state index in [9.17, 15) is 9.90 Å². The second-order valence-electron chi connectivity index (χ2n) is 3.17. The maximum absolute atomic E-state index is 10.6. The van der Waals surface area contributed by atoms with Crippen LogP contribution in [0.15, 0.2) is 24.8 Å². The molecule has 1 aromatic carbocycles. The molecule has 0 heterocycles. The minimum absolute atomic E-state index is 0.0574. The number of rotatable bonds is 3. The van der Waals surface area contributed by atoms with Gasteiger partial charge in [-0.05, 0) is 18.6 Å². The highest BCUT2D eigenvalue weighted by Gasteiger charge is 2.11. The highest BCUT2D eigenvalue weighted by atomic mass is 16.3. The number of phenols is 1. The van der Waals surface area contributed by atoms with Gasteiger partial charge in [0.2, 0.25) is 0 Å². The Morgan fingerprint density at radius 2 is 2.21 bits per heavy atom. The molecule has 14 heavy (non-hydrogen) atoms. The molecule has 0 aliphatic rings. The van der Waals surface area contributed by atoms with Crippen LogP contribution < -0.4 is 5.73 Å². The predicted octanol–water partition coefficient (Wildman–Crippen LogP) is 1.70. The van der Waals surface area contributed by atoms with Crippen molar-refractivity contribution in [2.24, 2.45) is 5.73 Å². The summed E-state index contributed by atoms with van der Waals surface area (Å²) in [5, 5.41) is 9.66. The van der Waals surface area contributed by atoms with Gasteiger partial charge in [0.15, 0.2) is 6.29 Å². The Bertz CT molecular complexity index is 372. The van der Waals surface area contributed by atoms with Crippen LogP contribution >= 0.6 is 0 Å². The zero-order valence-electron chi connectivity index (χ0n) is 8.03. The Kier molecular flexibility index (Phi) is 3.04. The molecule has 0 radical (unpaired) electrons. The van der Waals surface area contributed by atoms with Crippen molar-refractivity contribution in [1.82, 2.24) is 0 Å². The van der Waals surface area contributed by atoms with Gasteiger partial charge in [-0.25, -0.2) is 0 Å². The zero-order valence-corrected chi connectivity index (χ0v) is 8.03. The topological polar surface area (TPSA) is 63.3 Å². The lowest BCUT2D eigenvalue weighted by molar-refractivity contribution is 0.112. The summed E-state index contributed by atoms with van der Waals surface area (Å²) in [7, 11) is 0. The van der Waals surface area contributed by atoms with Gasteiger partial charge in [-0.15, -0.1) is 6.58 Å². The van der Waals surface area contributed by atoms with E-state index in [0.29, 0.717) is 11.8 Å². The Morgan fingerprint density at radius 3 is 2.71 bits per heavy atom. The van der Waals surface area contributed by atoms with Crippen LogP contribution in [0.5, 0.6) is 5.75 Å². The van der Waals surface area contributed by atoms with E-state index >= 15 is 0 Å². The first-order chi connectivity index (χ1) is 6.60. The number of aromatic hydroxyl groups is 1. The summed E-state index contributed by atoms with van der Waals surface area (Å²) in [6.45, 7) is 5.38. The van der Waals surface area contributed by atoms with Gasteiger partial charge in [0, 0.05) is 5.56 Å². The minimum Gasteiger partial charge on any atom is -0.507 e. The molecule has 1 aromatic rings. The summed E-state index contributed by atoms with van der Waals surface area (Å²) >= 11 is 0. The lowest BCUT2D eigenvalue weighted by Gasteiger charge is -2.11. The van der Waals surface area contributed by atoms with E-state index in [-0.39, 0.29) is 11.3 Å². The predicted molar refractivity (Wildman–Crippen MR) is 55.4 cm³/mol. The van der Waals surface area contributed by atoms with Crippen LogP contribution in [-0.4, -0.2) is 11.4 Å². The lowest BCUT2D eigenvalue weighted by atomic mass is 10.00. The van der Waals surface area contributed by atoms with Crippen LogP contribution in [0.3, 0.4) is 0 Å². The fourth-order valence-electron chi connectivity index (χ4n) is 1.31. The number of hydrogen-bond donors (Lipinski definition) is 2. The number of aldehydes is 1. The summed E-state index contributed by atoms with van der Waals surface area (Å²) in [6, 6.07) is 2.91. The second-order valence-corrected chi connectivity index (χ2v) is 3.17. The molecular formula is C11H13NO2. The standard InChI is InChI=1S/C11H13NO2/c1-3-10(12)9-5-7(2)4-8(6-13)11(9)14/h3-6,10,14H,1,12H2,2H3. The van der Waals surface area contributed by atoms with Crippen molar-refractivity contribution < 1.29 is 9.90 Å². The van der Waals surface area contributed by atoms with Crippen molar-refractivity contribution in [3.63, 3.8) is 0 Å². The third kappa shape index (κ3) is 1.83. The summed E-state index contributed by atoms with van der Waals surface area (Å²) < 4.78 is 0. The molecule has 3 N–H and O–H groups in total. The minimum atomic E-state index is -0.450. The van der Waals surface area contributed by atoms with Crippen LogP contribution in [-0.2, 0) is 0 Å². The molecule has 0 saturated heterocycles. The first-order valence-electron chi connectivity index (χ1n) is 4.27. The van der Waals surface area contributed by atoms with Gasteiger partial charge in [0.25, 0.3) is 0 Å². The number of nitrogens with two attached hydrogens (primary N) is 1. The van der Waals surface area contributed by atoms with E-state index in [1.165, 1.54) is 6.08 Å². The number of phenolic OH excluding ortho intramolecular Hbond substituents is 1. The first kappa shape index (κ1) is 10.5. The monoisotopic (exact) mass is 191 g/mol. The molecule has 0 bridgehead atoms. The van der Waals surface area contributed by atoms with Crippen molar-refractivity contribution >= 4 is 6.29 Å². The van der Waals surface area contributed by atoms with Crippen molar-refractivity contribution in [1.29, 1.82) is 0 Å². The zero-order chi connectivity index (χ0) is 10.7. The average Bonchev–Trinajstić information content (AvgIpc) is 2.19. The van der Waals surface area contributed by atoms with Gasteiger partial charge in [-0.2, -0.15) is 0 Å². The lowest BCUT2D eigenvalue weighted by Crippen LogP contribution is -2.08. The number of aryl methyl sites for hydroxylation is 1.